The van der Waals surface area contributed by atoms with Gasteiger partial charge < -0.3 is 9.84 Å². The van der Waals surface area contributed by atoms with E-state index in [1.165, 1.54) is 153 Å². The van der Waals surface area contributed by atoms with Crippen LogP contribution in [0.5, 0.6) is 0 Å². The summed E-state index contributed by atoms with van der Waals surface area (Å²) in [5.41, 5.74) is 0. The monoisotopic (exact) mass is 600 g/mol. The van der Waals surface area contributed by atoms with Gasteiger partial charge in [0.05, 0.1) is 10.7 Å². The number of esters is 1. The van der Waals surface area contributed by atoms with Crippen LogP contribution < -0.4 is 0 Å². The molecule has 0 saturated carbocycles. The molecule has 3 nitrogen and oxygen atoms in total. The van der Waals surface area contributed by atoms with E-state index in [4.69, 9.17) is 4.74 Å². The molecule has 0 amide bonds. The molecule has 5 heteroatoms. The Labute approximate surface area is 258 Å². The Morgan fingerprint density at radius 3 is 1.55 bits per heavy atom. The van der Waals surface area contributed by atoms with E-state index in [1.807, 2.05) is 0 Å². The van der Waals surface area contributed by atoms with Crippen LogP contribution in [0.15, 0.2) is 0 Å². The second kappa shape index (κ2) is 27.9. The Bertz CT molecular complexity index is 551. The maximum atomic E-state index is 12.3. The number of hydrogen-bond acceptors (Lipinski definition) is 5. The highest BCUT2D eigenvalue weighted by Gasteiger charge is 2.35. The van der Waals surface area contributed by atoms with E-state index in [-0.39, 0.29) is 22.6 Å². The lowest BCUT2D eigenvalue weighted by Gasteiger charge is -2.38. The summed E-state index contributed by atoms with van der Waals surface area (Å²) in [4.78, 5) is 12.3. The molecule has 0 radical (unpaired) electrons. The van der Waals surface area contributed by atoms with Gasteiger partial charge in [-0.05, 0) is 37.2 Å². The molecule has 1 aliphatic heterocycles. The van der Waals surface area contributed by atoms with Crippen molar-refractivity contribution in [3.8, 4) is 0 Å². The predicted molar refractivity (Wildman–Crippen MR) is 181 cm³/mol. The smallest absolute Gasteiger partial charge is 0.305 e. The first kappa shape index (κ1) is 38.2. The van der Waals surface area contributed by atoms with Gasteiger partial charge in [0.2, 0.25) is 0 Å². The minimum Gasteiger partial charge on any atom is -0.465 e. The van der Waals surface area contributed by atoms with Crippen molar-refractivity contribution < 1.29 is 14.6 Å². The average molecular weight is 601 g/mol. The molecule has 0 unspecified atom stereocenters. The summed E-state index contributed by atoms with van der Waals surface area (Å²) in [7, 11) is 0. The van der Waals surface area contributed by atoms with Gasteiger partial charge >= 0.3 is 5.97 Å². The number of thioether (sulfide) groups is 2. The molecule has 1 heterocycles. The van der Waals surface area contributed by atoms with Gasteiger partial charge in [0, 0.05) is 18.9 Å². The van der Waals surface area contributed by atoms with Crippen molar-refractivity contribution in [2.24, 2.45) is 5.92 Å². The number of aliphatic hydroxyl groups excluding tert-OH is 1. The number of hydrogen-bond donors (Lipinski definition) is 1. The topological polar surface area (TPSA) is 46.5 Å². The Morgan fingerprint density at radius 2 is 1.10 bits per heavy atom. The third-order valence-corrected chi connectivity index (χ3v) is 12.0. The first-order chi connectivity index (χ1) is 19.7. The van der Waals surface area contributed by atoms with Crippen LogP contribution in [0, 0.1) is 5.92 Å². The Morgan fingerprint density at radius 1 is 0.675 bits per heavy atom. The van der Waals surface area contributed by atoms with Crippen LogP contribution in [0.1, 0.15) is 181 Å². The van der Waals surface area contributed by atoms with Gasteiger partial charge in [-0.25, -0.2) is 0 Å². The molecule has 1 saturated heterocycles. The first-order valence-electron chi connectivity index (χ1n) is 17.7. The number of unbranched alkanes of at least 4 members (excludes halogenated alkanes) is 20. The lowest BCUT2D eigenvalue weighted by Crippen LogP contribution is -2.31. The SMILES string of the molecule is CCCCCCCCCCCCCCCC1(C[C@@H](CO)COC(=O)CCCCCCCCCCC)SCCCS1. The van der Waals surface area contributed by atoms with Crippen LogP contribution in [0.25, 0.3) is 0 Å². The molecule has 238 valence electrons. The zero-order valence-corrected chi connectivity index (χ0v) is 28.5. The molecule has 0 aliphatic carbocycles. The van der Waals surface area contributed by atoms with Crippen molar-refractivity contribution >= 4 is 29.5 Å². The summed E-state index contributed by atoms with van der Waals surface area (Å²) in [6, 6.07) is 0. The van der Waals surface area contributed by atoms with Gasteiger partial charge in [-0.1, -0.05) is 149 Å². The highest BCUT2D eigenvalue weighted by Crippen LogP contribution is 2.49. The molecule has 1 N–H and O–H groups in total. The summed E-state index contributed by atoms with van der Waals surface area (Å²) in [5.74, 6) is 2.44. The maximum Gasteiger partial charge on any atom is 0.305 e. The average Bonchev–Trinajstić information content (AvgIpc) is 2.97. The molecule has 1 atom stereocenters. The largest absolute Gasteiger partial charge is 0.465 e. The molecular formula is C35H68O3S2. The first-order valence-corrected chi connectivity index (χ1v) is 19.7. The van der Waals surface area contributed by atoms with Crippen LogP contribution in [0.3, 0.4) is 0 Å². The highest BCUT2D eigenvalue weighted by atomic mass is 32.2. The van der Waals surface area contributed by atoms with Gasteiger partial charge in [-0.2, -0.15) is 0 Å². The fourth-order valence-electron chi connectivity index (χ4n) is 5.87. The Kier molecular flexibility index (Phi) is 26.6. The lowest BCUT2D eigenvalue weighted by molar-refractivity contribution is -0.145. The van der Waals surface area contributed by atoms with E-state index in [1.54, 1.807) is 0 Å². The fraction of sp³-hybridized carbons (Fsp3) is 0.971. The van der Waals surface area contributed by atoms with Crippen molar-refractivity contribution in [1.29, 1.82) is 0 Å². The fourth-order valence-corrected chi connectivity index (χ4v) is 9.49. The molecule has 1 fully saturated rings. The normalized spacial score (nSPS) is 15.8. The van der Waals surface area contributed by atoms with Crippen molar-refractivity contribution in [3.63, 3.8) is 0 Å². The predicted octanol–water partition coefficient (Wildman–Crippen LogP) is 11.5. The molecule has 0 aromatic rings. The Hall–Kier alpha value is 0.130. The summed E-state index contributed by atoms with van der Waals surface area (Å²) >= 11 is 4.22. The molecule has 1 aliphatic rings. The Balaban J connectivity index is 2.16. The molecule has 0 aromatic carbocycles. The van der Waals surface area contributed by atoms with E-state index in [0.29, 0.717) is 13.0 Å². The highest BCUT2D eigenvalue weighted by molar-refractivity contribution is 8.18. The standard InChI is InChI=1S/C35H68O3S2/c1-3-5-7-9-11-13-14-15-16-18-20-22-24-27-35(39-28-25-29-40-35)30-33(31-36)32-38-34(37)26-23-21-19-17-12-10-8-6-4-2/h33,36H,3-32H2,1-2H3/t33-/m0/s1. The molecule has 1 rings (SSSR count). The summed E-state index contributed by atoms with van der Waals surface area (Å²) in [6.45, 7) is 5.05. The van der Waals surface area contributed by atoms with E-state index in [0.717, 1.165) is 19.3 Å². The van der Waals surface area contributed by atoms with E-state index in [2.05, 4.69) is 37.4 Å². The number of aliphatic hydroxyl groups is 1. The van der Waals surface area contributed by atoms with Crippen molar-refractivity contribution in [2.75, 3.05) is 24.7 Å². The zero-order chi connectivity index (χ0) is 29.0. The second-order valence-electron chi connectivity index (χ2n) is 12.5. The minimum absolute atomic E-state index is 0.0622. The van der Waals surface area contributed by atoms with Gasteiger partial charge in [0.25, 0.3) is 0 Å². The van der Waals surface area contributed by atoms with Gasteiger partial charge in [0.1, 0.15) is 0 Å². The maximum absolute atomic E-state index is 12.3. The number of carbonyl (C=O) groups excluding carboxylic acids is 1. The van der Waals surface area contributed by atoms with Crippen LogP contribution in [0.4, 0.5) is 0 Å². The van der Waals surface area contributed by atoms with Crippen LogP contribution in [-0.4, -0.2) is 39.9 Å². The van der Waals surface area contributed by atoms with Crippen LogP contribution >= 0.6 is 23.5 Å². The summed E-state index contributed by atoms with van der Waals surface area (Å²) in [5, 5.41) is 10.1. The lowest BCUT2D eigenvalue weighted by atomic mass is 9.99. The van der Waals surface area contributed by atoms with Crippen LogP contribution in [-0.2, 0) is 9.53 Å². The van der Waals surface area contributed by atoms with Gasteiger partial charge in [-0.3, -0.25) is 4.79 Å². The summed E-state index contributed by atoms with van der Waals surface area (Å²) in [6.07, 6.45) is 33.4. The second-order valence-corrected chi connectivity index (χ2v) is 15.7. The number of ether oxygens (including phenoxy) is 1. The third kappa shape index (κ3) is 21.8. The quantitative estimate of drug-likeness (QED) is 0.0683. The van der Waals surface area contributed by atoms with E-state index >= 15 is 0 Å². The molecule has 40 heavy (non-hydrogen) atoms. The van der Waals surface area contributed by atoms with Crippen LogP contribution in [0.2, 0.25) is 0 Å². The number of rotatable bonds is 29. The van der Waals surface area contributed by atoms with Gasteiger partial charge in [0.15, 0.2) is 0 Å². The van der Waals surface area contributed by atoms with Crippen molar-refractivity contribution in [2.45, 2.75) is 185 Å². The number of carbonyl (C=O) groups is 1. The van der Waals surface area contributed by atoms with E-state index < -0.39 is 0 Å². The minimum atomic E-state index is -0.0733. The molecule has 0 aromatic heterocycles. The molecular weight excluding hydrogens is 533 g/mol. The third-order valence-electron chi connectivity index (χ3n) is 8.50. The zero-order valence-electron chi connectivity index (χ0n) is 26.9. The van der Waals surface area contributed by atoms with Crippen molar-refractivity contribution in [1.82, 2.24) is 0 Å². The van der Waals surface area contributed by atoms with Crippen molar-refractivity contribution in [3.05, 3.63) is 0 Å². The molecule has 0 spiro atoms. The summed E-state index contributed by atoms with van der Waals surface area (Å²) < 4.78 is 5.86. The van der Waals surface area contributed by atoms with Gasteiger partial charge in [-0.15, -0.1) is 23.5 Å². The van der Waals surface area contributed by atoms with E-state index in [9.17, 15) is 9.90 Å². The molecule has 0 bridgehead atoms.